The SMILES string of the molecule is CCCCNC(=O)Nc1cccc(Oc2nc(C)cc(C)c2C#N)c1. The van der Waals surface area contributed by atoms with Gasteiger partial charge in [-0.05, 0) is 44.0 Å². The van der Waals surface area contributed by atoms with Crippen molar-refractivity contribution in [2.75, 3.05) is 11.9 Å². The van der Waals surface area contributed by atoms with Crippen LogP contribution in [0.4, 0.5) is 10.5 Å². The number of ether oxygens (including phenoxy) is 1. The van der Waals surface area contributed by atoms with Crippen LogP contribution in [0.1, 0.15) is 36.6 Å². The molecule has 2 aromatic rings. The average molecular weight is 338 g/mol. The van der Waals surface area contributed by atoms with Gasteiger partial charge in [-0.25, -0.2) is 9.78 Å². The maximum Gasteiger partial charge on any atom is 0.319 e. The summed E-state index contributed by atoms with van der Waals surface area (Å²) in [4.78, 5) is 16.1. The fraction of sp³-hybridized carbons (Fsp3) is 0.316. The molecule has 2 N–H and O–H groups in total. The highest BCUT2D eigenvalue weighted by atomic mass is 16.5. The number of hydrogen-bond donors (Lipinski definition) is 2. The minimum Gasteiger partial charge on any atom is -0.438 e. The van der Waals surface area contributed by atoms with Crippen LogP contribution in [0.25, 0.3) is 0 Å². The first-order valence-corrected chi connectivity index (χ1v) is 8.24. The number of aromatic nitrogens is 1. The molecule has 2 rings (SSSR count). The molecule has 0 saturated carbocycles. The Morgan fingerprint density at radius 2 is 2.12 bits per heavy atom. The van der Waals surface area contributed by atoms with Crippen molar-refractivity contribution in [3.05, 3.63) is 47.2 Å². The summed E-state index contributed by atoms with van der Waals surface area (Å²) in [5, 5.41) is 14.9. The molecule has 0 aliphatic carbocycles. The summed E-state index contributed by atoms with van der Waals surface area (Å²) in [6.07, 6.45) is 1.96. The second-order valence-corrected chi connectivity index (χ2v) is 5.74. The molecule has 1 heterocycles. The molecule has 0 fully saturated rings. The molecule has 0 radical (unpaired) electrons. The van der Waals surface area contributed by atoms with E-state index < -0.39 is 0 Å². The molecule has 0 bridgehead atoms. The molecule has 0 spiro atoms. The van der Waals surface area contributed by atoms with Crippen LogP contribution < -0.4 is 15.4 Å². The van der Waals surface area contributed by atoms with Gasteiger partial charge in [-0.1, -0.05) is 19.4 Å². The maximum atomic E-state index is 11.8. The van der Waals surface area contributed by atoms with E-state index in [9.17, 15) is 10.1 Å². The zero-order valence-corrected chi connectivity index (χ0v) is 14.7. The van der Waals surface area contributed by atoms with Crippen molar-refractivity contribution in [3.63, 3.8) is 0 Å². The fourth-order valence-corrected chi connectivity index (χ4v) is 2.32. The Hall–Kier alpha value is -3.07. The number of urea groups is 1. The van der Waals surface area contributed by atoms with Gasteiger partial charge in [0.1, 0.15) is 17.4 Å². The Morgan fingerprint density at radius 1 is 1.32 bits per heavy atom. The van der Waals surface area contributed by atoms with Gasteiger partial charge in [0.05, 0.1) is 0 Å². The number of carbonyl (C=O) groups is 1. The molecule has 6 heteroatoms. The maximum absolute atomic E-state index is 11.8. The van der Waals surface area contributed by atoms with E-state index in [1.165, 1.54) is 0 Å². The number of amides is 2. The van der Waals surface area contributed by atoms with E-state index in [0.29, 0.717) is 23.5 Å². The first kappa shape index (κ1) is 18.3. The van der Waals surface area contributed by atoms with Crippen LogP contribution in [0.5, 0.6) is 11.6 Å². The van der Waals surface area contributed by atoms with Gasteiger partial charge in [-0.3, -0.25) is 0 Å². The van der Waals surface area contributed by atoms with Gasteiger partial charge in [-0.2, -0.15) is 5.26 Å². The van der Waals surface area contributed by atoms with E-state index in [4.69, 9.17) is 4.74 Å². The van der Waals surface area contributed by atoms with Crippen molar-refractivity contribution in [2.45, 2.75) is 33.6 Å². The molecule has 2 amide bonds. The van der Waals surface area contributed by atoms with E-state index in [2.05, 4.69) is 28.6 Å². The van der Waals surface area contributed by atoms with Gasteiger partial charge in [0.25, 0.3) is 0 Å². The number of benzene rings is 1. The molecule has 0 unspecified atom stereocenters. The molecule has 25 heavy (non-hydrogen) atoms. The minimum absolute atomic E-state index is 0.257. The van der Waals surface area contributed by atoms with E-state index in [1.54, 1.807) is 24.3 Å². The zero-order chi connectivity index (χ0) is 18.2. The number of anilines is 1. The van der Waals surface area contributed by atoms with E-state index >= 15 is 0 Å². The summed E-state index contributed by atoms with van der Waals surface area (Å²) in [5.41, 5.74) is 2.60. The largest absolute Gasteiger partial charge is 0.438 e. The standard InChI is InChI=1S/C19H22N4O2/c1-4-5-9-21-19(24)23-15-7-6-8-16(11-15)25-18-17(12-20)13(2)10-14(3)22-18/h6-8,10-11H,4-5,9H2,1-3H3,(H2,21,23,24). The van der Waals surface area contributed by atoms with Crippen LogP contribution in [-0.2, 0) is 0 Å². The van der Waals surface area contributed by atoms with Crippen LogP contribution in [0.15, 0.2) is 30.3 Å². The highest BCUT2D eigenvalue weighted by Gasteiger charge is 2.11. The second kappa shape index (κ2) is 8.69. The molecule has 0 atom stereocenters. The van der Waals surface area contributed by atoms with Gasteiger partial charge in [0, 0.05) is 24.0 Å². The Labute approximate surface area is 147 Å². The molecular formula is C19H22N4O2. The van der Waals surface area contributed by atoms with Crippen molar-refractivity contribution in [1.29, 1.82) is 5.26 Å². The molecular weight excluding hydrogens is 316 g/mol. The van der Waals surface area contributed by atoms with Gasteiger partial charge in [0.15, 0.2) is 0 Å². The third kappa shape index (κ3) is 5.21. The summed E-state index contributed by atoms with van der Waals surface area (Å²) in [5.74, 6) is 0.768. The summed E-state index contributed by atoms with van der Waals surface area (Å²) in [6.45, 7) is 6.39. The number of nitriles is 1. The number of nitrogens with one attached hydrogen (secondary N) is 2. The lowest BCUT2D eigenvalue weighted by atomic mass is 10.1. The van der Waals surface area contributed by atoms with Crippen molar-refractivity contribution < 1.29 is 9.53 Å². The summed E-state index contributed by atoms with van der Waals surface area (Å²) in [7, 11) is 0. The monoisotopic (exact) mass is 338 g/mol. The first-order valence-electron chi connectivity index (χ1n) is 8.24. The van der Waals surface area contributed by atoms with Crippen LogP contribution in [0.2, 0.25) is 0 Å². The second-order valence-electron chi connectivity index (χ2n) is 5.74. The van der Waals surface area contributed by atoms with E-state index in [1.807, 2.05) is 19.9 Å². The van der Waals surface area contributed by atoms with Gasteiger partial charge < -0.3 is 15.4 Å². The lowest BCUT2D eigenvalue weighted by Crippen LogP contribution is -2.29. The fourth-order valence-electron chi connectivity index (χ4n) is 2.32. The van der Waals surface area contributed by atoms with Crippen LogP contribution in [-0.4, -0.2) is 17.6 Å². The lowest BCUT2D eigenvalue weighted by molar-refractivity contribution is 0.252. The number of hydrogen-bond acceptors (Lipinski definition) is 4. The number of aryl methyl sites for hydroxylation is 2. The van der Waals surface area contributed by atoms with Crippen molar-refractivity contribution in [2.24, 2.45) is 0 Å². The number of nitrogens with zero attached hydrogens (tertiary/aromatic N) is 2. The van der Waals surface area contributed by atoms with Gasteiger partial charge >= 0.3 is 6.03 Å². The molecule has 0 aliphatic heterocycles. The number of unbranched alkanes of at least 4 members (excludes halogenated alkanes) is 1. The third-order valence-electron chi connectivity index (χ3n) is 3.55. The zero-order valence-electron chi connectivity index (χ0n) is 14.7. The Balaban J connectivity index is 2.12. The van der Waals surface area contributed by atoms with Crippen LogP contribution >= 0.6 is 0 Å². The average Bonchev–Trinajstić information content (AvgIpc) is 2.55. The number of carbonyl (C=O) groups excluding carboxylic acids is 1. The smallest absolute Gasteiger partial charge is 0.319 e. The predicted molar refractivity (Wildman–Crippen MR) is 96.9 cm³/mol. The van der Waals surface area contributed by atoms with Crippen LogP contribution in [0.3, 0.4) is 0 Å². The molecule has 6 nitrogen and oxygen atoms in total. The van der Waals surface area contributed by atoms with Crippen molar-refractivity contribution in [3.8, 4) is 17.7 Å². The van der Waals surface area contributed by atoms with Gasteiger partial charge in [0.2, 0.25) is 5.88 Å². The lowest BCUT2D eigenvalue weighted by Gasteiger charge is -2.11. The first-order chi connectivity index (χ1) is 12.0. The third-order valence-corrected chi connectivity index (χ3v) is 3.55. The van der Waals surface area contributed by atoms with Gasteiger partial charge in [-0.15, -0.1) is 0 Å². The highest BCUT2D eigenvalue weighted by Crippen LogP contribution is 2.27. The van der Waals surface area contributed by atoms with E-state index in [-0.39, 0.29) is 11.9 Å². The quantitative estimate of drug-likeness (QED) is 0.769. The predicted octanol–water partition coefficient (Wildman–Crippen LogP) is 4.28. The summed E-state index contributed by atoms with van der Waals surface area (Å²) >= 11 is 0. The normalized spacial score (nSPS) is 10.0. The molecule has 1 aromatic heterocycles. The van der Waals surface area contributed by atoms with E-state index in [0.717, 1.165) is 24.1 Å². The topological polar surface area (TPSA) is 87.0 Å². The summed E-state index contributed by atoms with van der Waals surface area (Å²) in [6, 6.07) is 10.7. The molecule has 130 valence electrons. The molecule has 0 saturated heterocycles. The molecule has 1 aromatic carbocycles. The molecule has 0 aliphatic rings. The summed E-state index contributed by atoms with van der Waals surface area (Å²) < 4.78 is 5.78. The highest BCUT2D eigenvalue weighted by molar-refractivity contribution is 5.89. The number of pyridine rings is 1. The minimum atomic E-state index is -0.257. The Kier molecular flexibility index (Phi) is 6.35. The van der Waals surface area contributed by atoms with Crippen molar-refractivity contribution in [1.82, 2.24) is 10.3 Å². The van der Waals surface area contributed by atoms with Crippen LogP contribution in [0, 0.1) is 25.2 Å². The Bertz CT molecular complexity index is 796. The Morgan fingerprint density at radius 3 is 2.84 bits per heavy atom. The number of rotatable bonds is 6. The van der Waals surface area contributed by atoms with Crippen molar-refractivity contribution >= 4 is 11.7 Å².